The number of fused-ring (bicyclic) bond motifs is 1. The van der Waals surface area contributed by atoms with Gasteiger partial charge in [-0.3, -0.25) is 4.57 Å². The molecule has 35 heavy (non-hydrogen) atoms. The zero-order valence-corrected chi connectivity index (χ0v) is 18.5. The summed E-state index contributed by atoms with van der Waals surface area (Å²) < 4.78 is 42.2. The lowest BCUT2D eigenvalue weighted by molar-refractivity contribution is -0.137. The first-order chi connectivity index (χ1) is 16.8. The van der Waals surface area contributed by atoms with Crippen LogP contribution in [0.5, 0.6) is 0 Å². The van der Waals surface area contributed by atoms with Crippen molar-refractivity contribution in [3.8, 4) is 11.4 Å². The second kappa shape index (κ2) is 8.94. The van der Waals surface area contributed by atoms with Gasteiger partial charge in [0.1, 0.15) is 0 Å². The Labute approximate surface area is 198 Å². The summed E-state index contributed by atoms with van der Waals surface area (Å²) in [6.07, 6.45) is -2.96. The minimum absolute atomic E-state index is 0.0769. The molecular formula is C25H22F3N5O2. The molecule has 4 aromatic rings. The van der Waals surface area contributed by atoms with Crippen molar-refractivity contribution in [2.75, 3.05) is 11.9 Å². The van der Waals surface area contributed by atoms with E-state index < -0.39 is 23.5 Å². The van der Waals surface area contributed by atoms with Crippen LogP contribution < -0.4 is 16.3 Å². The predicted molar refractivity (Wildman–Crippen MR) is 126 cm³/mol. The molecule has 180 valence electrons. The summed E-state index contributed by atoms with van der Waals surface area (Å²) in [7, 11) is 0. The van der Waals surface area contributed by atoms with Crippen LogP contribution in [0.3, 0.4) is 0 Å². The fourth-order valence-electron chi connectivity index (χ4n) is 4.04. The molecule has 0 atom stereocenters. The highest BCUT2D eigenvalue weighted by Gasteiger charge is 2.33. The van der Waals surface area contributed by atoms with Gasteiger partial charge >= 0.3 is 17.9 Å². The molecule has 1 aromatic heterocycles. The lowest BCUT2D eigenvalue weighted by Gasteiger charge is -2.10. The highest BCUT2D eigenvalue weighted by Crippen LogP contribution is 2.37. The maximum Gasteiger partial charge on any atom is 0.416 e. The molecule has 5 rings (SSSR count). The minimum Gasteiger partial charge on any atom is -0.336 e. The van der Waals surface area contributed by atoms with Crippen LogP contribution in [0, 0.1) is 0 Å². The average molecular weight is 481 g/mol. The molecule has 2 amide bonds. The van der Waals surface area contributed by atoms with Crippen molar-refractivity contribution in [1.29, 1.82) is 0 Å². The zero-order chi connectivity index (χ0) is 24.6. The first kappa shape index (κ1) is 22.7. The van der Waals surface area contributed by atoms with E-state index in [1.165, 1.54) is 21.4 Å². The fraction of sp³-hybridized carbons (Fsp3) is 0.240. The van der Waals surface area contributed by atoms with Gasteiger partial charge in [-0.25, -0.2) is 14.3 Å². The van der Waals surface area contributed by atoms with Crippen molar-refractivity contribution in [3.05, 3.63) is 82.8 Å². The van der Waals surface area contributed by atoms with E-state index in [1.54, 1.807) is 6.07 Å². The third kappa shape index (κ3) is 4.77. The van der Waals surface area contributed by atoms with Gasteiger partial charge in [0, 0.05) is 23.5 Å². The normalized spacial score (nSPS) is 13.7. The Kier molecular flexibility index (Phi) is 5.80. The van der Waals surface area contributed by atoms with Crippen molar-refractivity contribution in [2.45, 2.75) is 31.6 Å². The Balaban J connectivity index is 1.31. The average Bonchev–Trinajstić information content (AvgIpc) is 3.62. The quantitative estimate of drug-likeness (QED) is 0.405. The Morgan fingerprint density at radius 1 is 1.03 bits per heavy atom. The van der Waals surface area contributed by atoms with E-state index in [1.807, 2.05) is 36.4 Å². The van der Waals surface area contributed by atoms with E-state index in [0.29, 0.717) is 5.69 Å². The number of carbonyl (C=O) groups is 1. The van der Waals surface area contributed by atoms with Gasteiger partial charge in [0.15, 0.2) is 5.82 Å². The highest BCUT2D eigenvalue weighted by molar-refractivity contribution is 6.01. The van der Waals surface area contributed by atoms with Gasteiger partial charge in [0.05, 0.1) is 17.8 Å². The lowest BCUT2D eigenvalue weighted by Crippen LogP contribution is -2.34. The fourth-order valence-corrected chi connectivity index (χ4v) is 4.04. The van der Waals surface area contributed by atoms with Gasteiger partial charge < -0.3 is 10.6 Å². The molecule has 0 bridgehead atoms. The monoisotopic (exact) mass is 481 g/mol. The van der Waals surface area contributed by atoms with Crippen LogP contribution >= 0.6 is 0 Å². The Morgan fingerprint density at radius 3 is 2.54 bits per heavy atom. The SMILES string of the molecule is O=C(NCCn1nc(-c2cccc(C(F)(F)F)c2)n(C2CC2)c1=O)Nc1cccc2ccccc12. The largest absolute Gasteiger partial charge is 0.416 e. The third-order valence-corrected chi connectivity index (χ3v) is 5.88. The van der Waals surface area contributed by atoms with E-state index >= 15 is 0 Å². The maximum absolute atomic E-state index is 13.2. The number of amides is 2. The summed E-state index contributed by atoms with van der Waals surface area (Å²) in [5, 5.41) is 11.7. The van der Waals surface area contributed by atoms with E-state index in [9.17, 15) is 22.8 Å². The van der Waals surface area contributed by atoms with Gasteiger partial charge in [-0.1, -0.05) is 48.5 Å². The van der Waals surface area contributed by atoms with Gasteiger partial charge in [0.2, 0.25) is 0 Å². The van der Waals surface area contributed by atoms with Gasteiger partial charge in [0.25, 0.3) is 0 Å². The van der Waals surface area contributed by atoms with E-state index in [0.717, 1.165) is 35.7 Å². The van der Waals surface area contributed by atoms with Gasteiger partial charge in [-0.05, 0) is 36.4 Å². The van der Waals surface area contributed by atoms with Gasteiger partial charge in [-0.15, -0.1) is 5.10 Å². The van der Waals surface area contributed by atoms with E-state index in [4.69, 9.17) is 0 Å². The van der Waals surface area contributed by atoms with Crippen molar-refractivity contribution < 1.29 is 18.0 Å². The summed E-state index contributed by atoms with van der Waals surface area (Å²) in [5.41, 5.74) is -0.325. The Bertz CT molecular complexity index is 1450. The summed E-state index contributed by atoms with van der Waals surface area (Å²) >= 11 is 0. The minimum atomic E-state index is -4.50. The molecule has 0 aliphatic heterocycles. The summed E-state index contributed by atoms with van der Waals surface area (Å²) in [4.78, 5) is 25.4. The van der Waals surface area contributed by atoms with Crippen molar-refractivity contribution in [2.24, 2.45) is 0 Å². The number of benzene rings is 3. The molecule has 1 heterocycles. The number of hydrogen-bond donors (Lipinski definition) is 2. The molecule has 10 heteroatoms. The summed E-state index contributed by atoms with van der Waals surface area (Å²) in [5.74, 6) is 0.198. The number of hydrogen-bond acceptors (Lipinski definition) is 3. The number of aromatic nitrogens is 3. The summed E-state index contributed by atoms with van der Waals surface area (Å²) in [6, 6.07) is 17.5. The van der Waals surface area contributed by atoms with Crippen LogP contribution in [0.2, 0.25) is 0 Å². The van der Waals surface area contributed by atoms with Crippen LogP contribution in [0.1, 0.15) is 24.4 Å². The van der Waals surface area contributed by atoms with E-state index in [2.05, 4.69) is 15.7 Å². The van der Waals surface area contributed by atoms with Gasteiger partial charge in [-0.2, -0.15) is 13.2 Å². The molecular weight excluding hydrogens is 459 g/mol. The molecule has 1 aliphatic carbocycles. The molecule has 0 radical (unpaired) electrons. The number of alkyl halides is 3. The Hall–Kier alpha value is -4.08. The molecule has 1 aliphatic rings. The van der Waals surface area contributed by atoms with Crippen LogP contribution in [-0.2, 0) is 12.7 Å². The molecule has 7 nitrogen and oxygen atoms in total. The van der Waals surface area contributed by atoms with Crippen LogP contribution in [-0.4, -0.2) is 26.9 Å². The molecule has 1 fully saturated rings. The van der Waals surface area contributed by atoms with Crippen molar-refractivity contribution in [3.63, 3.8) is 0 Å². The van der Waals surface area contributed by atoms with Crippen LogP contribution in [0.4, 0.5) is 23.7 Å². The molecule has 3 aromatic carbocycles. The highest BCUT2D eigenvalue weighted by atomic mass is 19.4. The third-order valence-electron chi connectivity index (χ3n) is 5.88. The van der Waals surface area contributed by atoms with Crippen LogP contribution in [0.25, 0.3) is 22.2 Å². The molecule has 0 spiro atoms. The summed E-state index contributed by atoms with van der Waals surface area (Å²) in [6.45, 7) is 0.188. The number of rotatable bonds is 6. The zero-order valence-electron chi connectivity index (χ0n) is 18.5. The molecule has 1 saturated carbocycles. The van der Waals surface area contributed by atoms with Crippen molar-refractivity contribution in [1.82, 2.24) is 19.7 Å². The number of urea groups is 1. The first-order valence-electron chi connectivity index (χ1n) is 11.2. The first-order valence-corrected chi connectivity index (χ1v) is 11.2. The number of halogens is 3. The van der Waals surface area contributed by atoms with E-state index in [-0.39, 0.29) is 30.5 Å². The molecule has 0 unspecified atom stereocenters. The topological polar surface area (TPSA) is 81.0 Å². The second-order valence-corrected chi connectivity index (χ2v) is 8.42. The smallest absolute Gasteiger partial charge is 0.336 e. The number of carbonyl (C=O) groups excluding carboxylic acids is 1. The maximum atomic E-state index is 13.2. The number of nitrogens with zero attached hydrogens (tertiary/aromatic N) is 3. The second-order valence-electron chi connectivity index (χ2n) is 8.42. The number of anilines is 1. The van der Waals surface area contributed by atoms with Crippen molar-refractivity contribution >= 4 is 22.5 Å². The Morgan fingerprint density at radius 2 is 1.77 bits per heavy atom. The predicted octanol–water partition coefficient (Wildman–Crippen LogP) is 5.04. The number of nitrogens with one attached hydrogen (secondary N) is 2. The standard InChI is InChI=1S/C25H22F3N5O2/c26-25(27,28)18-8-3-7-17(15-18)22-31-32(24(35)33(22)19-11-12-19)14-13-29-23(34)30-21-10-4-6-16-5-1-2-9-20(16)21/h1-10,15,19H,11-14H2,(H2,29,30,34). The molecule has 0 saturated heterocycles. The molecule has 2 N–H and O–H groups in total. The van der Waals surface area contributed by atoms with Crippen LogP contribution in [0.15, 0.2) is 71.5 Å². The lowest BCUT2D eigenvalue weighted by atomic mass is 10.1.